The molecule has 0 radical (unpaired) electrons. The van der Waals surface area contributed by atoms with Crippen molar-refractivity contribution in [3.8, 4) is 5.75 Å². The molecule has 90 valence electrons. The van der Waals surface area contributed by atoms with Crippen LogP contribution in [0.4, 0.5) is 10.1 Å². The van der Waals surface area contributed by atoms with Gasteiger partial charge >= 0.3 is 0 Å². The van der Waals surface area contributed by atoms with E-state index in [9.17, 15) is 4.39 Å². The summed E-state index contributed by atoms with van der Waals surface area (Å²) in [6, 6.07) is 4.24. The van der Waals surface area contributed by atoms with E-state index in [1.54, 1.807) is 6.07 Å². The zero-order valence-corrected chi connectivity index (χ0v) is 10.0. The van der Waals surface area contributed by atoms with Crippen molar-refractivity contribution in [2.75, 3.05) is 5.73 Å². The molecule has 0 unspecified atom stereocenters. The fraction of sp³-hybridized carbons (Fsp3) is 0.538. The summed E-state index contributed by atoms with van der Waals surface area (Å²) in [4.78, 5) is 0. The number of hydrogen-bond acceptors (Lipinski definition) is 2. The van der Waals surface area contributed by atoms with Crippen LogP contribution >= 0.6 is 0 Å². The lowest BCUT2D eigenvalue weighted by atomic mass is 10.1. The first-order chi connectivity index (χ1) is 7.67. The Morgan fingerprint density at radius 2 is 1.88 bits per heavy atom. The van der Waals surface area contributed by atoms with Crippen molar-refractivity contribution in [2.45, 2.75) is 45.6 Å². The molecule has 0 amide bonds. The lowest BCUT2D eigenvalue weighted by molar-refractivity contribution is 0.179. The minimum absolute atomic E-state index is 0.138. The van der Waals surface area contributed by atoms with Gasteiger partial charge in [0.15, 0.2) is 0 Å². The van der Waals surface area contributed by atoms with Gasteiger partial charge < -0.3 is 10.5 Å². The molecule has 16 heavy (non-hydrogen) atoms. The third-order valence-electron chi connectivity index (χ3n) is 2.49. The molecule has 0 heterocycles. The third-order valence-corrected chi connectivity index (χ3v) is 2.49. The number of hydrogen-bond donors (Lipinski definition) is 1. The van der Waals surface area contributed by atoms with Crippen LogP contribution in [0, 0.1) is 5.82 Å². The predicted molar refractivity (Wildman–Crippen MR) is 65.0 cm³/mol. The van der Waals surface area contributed by atoms with Gasteiger partial charge in [-0.1, -0.05) is 26.7 Å². The largest absolute Gasteiger partial charge is 0.488 e. The maximum absolute atomic E-state index is 13.0. The molecule has 2 N–H and O–H groups in total. The van der Waals surface area contributed by atoms with Crippen LogP contribution in [0.3, 0.4) is 0 Å². The Labute approximate surface area is 96.6 Å². The Bertz CT molecular complexity index is 322. The number of anilines is 1. The Morgan fingerprint density at radius 1 is 1.25 bits per heavy atom. The summed E-state index contributed by atoms with van der Waals surface area (Å²) in [5.41, 5.74) is 6.24. The monoisotopic (exact) mass is 225 g/mol. The van der Waals surface area contributed by atoms with Crippen molar-refractivity contribution in [3.63, 3.8) is 0 Å². The van der Waals surface area contributed by atoms with E-state index in [0.717, 1.165) is 25.7 Å². The molecule has 2 nitrogen and oxygen atoms in total. The Kier molecular flexibility index (Phi) is 5.09. The van der Waals surface area contributed by atoms with Crippen molar-refractivity contribution >= 4 is 5.69 Å². The molecule has 0 spiro atoms. The molecular formula is C13H20FNO. The van der Waals surface area contributed by atoms with Crippen LogP contribution < -0.4 is 10.5 Å². The Balaban J connectivity index is 2.71. The number of nitrogens with two attached hydrogens (primary N) is 1. The van der Waals surface area contributed by atoms with Crippen LogP contribution in [-0.2, 0) is 0 Å². The quantitative estimate of drug-likeness (QED) is 0.748. The number of nitrogen functional groups attached to an aromatic ring is 1. The SMILES string of the molecule is CCCC(CCC)Oc1cc(F)ccc1N. The molecule has 0 saturated heterocycles. The summed E-state index contributed by atoms with van der Waals surface area (Å²) in [5, 5.41) is 0. The van der Waals surface area contributed by atoms with Gasteiger partial charge in [-0.25, -0.2) is 4.39 Å². The van der Waals surface area contributed by atoms with E-state index in [4.69, 9.17) is 10.5 Å². The lowest BCUT2D eigenvalue weighted by Crippen LogP contribution is -2.16. The number of rotatable bonds is 6. The summed E-state index contributed by atoms with van der Waals surface area (Å²) in [6.45, 7) is 4.22. The van der Waals surface area contributed by atoms with Gasteiger partial charge in [0.1, 0.15) is 11.6 Å². The van der Waals surface area contributed by atoms with Crippen molar-refractivity contribution < 1.29 is 9.13 Å². The normalized spacial score (nSPS) is 10.8. The minimum Gasteiger partial charge on any atom is -0.488 e. The summed E-state index contributed by atoms with van der Waals surface area (Å²) >= 11 is 0. The first kappa shape index (κ1) is 12.8. The Morgan fingerprint density at radius 3 is 2.44 bits per heavy atom. The average molecular weight is 225 g/mol. The molecule has 0 aliphatic carbocycles. The molecule has 1 rings (SSSR count). The first-order valence-electron chi connectivity index (χ1n) is 5.89. The van der Waals surface area contributed by atoms with Gasteiger partial charge in [-0.05, 0) is 25.0 Å². The summed E-state index contributed by atoms with van der Waals surface area (Å²) in [6.07, 6.45) is 4.20. The van der Waals surface area contributed by atoms with Gasteiger partial charge in [-0.3, -0.25) is 0 Å². The number of ether oxygens (including phenoxy) is 1. The molecule has 0 fully saturated rings. The maximum Gasteiger partial charge on any atom is 0.145 e. The first-order valence-corrected chi connectivity index (χ1v) is 5.89. The van der Waals surface area contributed by atoms with Crippen molar-refractivity contribution in [2.24, 2.45) is 0 Å². The lowest BCUT2D eigenvalue weighted by Gasteiger charge is -2.19. The fourth-order valence-corrected chi connectivity index (χ4v) is 1.70. The van der Waals surface area contributed by atoms with E-state index in [2.05, 4.69) is 13.8 Å². The zero-order chi connectivity index (χ0) is 12.0. The molecule has 0 saturated carbocycles. The van der Waals surface area contributed by atoms with Gasteiger partial charge in [0.25, 0.3) is 0 Å². The van der Waals surface area contributed by atoms with E-state index in [1.807, 2.05) is 0 Å². The van der Waals surface area contributed by atoms with Gasteiger partial charge in [-0.15, -0.1) is 0 Å². The molecule has 0 aromatic heterocycles. The maximum atomic E-state index is 13.0. The molecular weight excluding hydrogens is 205 g/mol. The van der Waals surface area contributed by atoms with Crippen LogP contribution in [0.1, 0.15) is 39.5 Å². The van der Waals surface area contributed by atoms with Crippen LogP contribution in [0.15, 0.2) is 18.2 Å². The number of halogens is 1. The van der Waals surface area contributed by atoms with Gasteiger partial charge in [-0.2, -0.15) is 0 Å². The van der Waals surface area contributed by atoms with E-state index in [0.29, 0.717) is 11.4 Å². The molecule has 0 aliphatic heterocycles. The zero-order valence-electron chi connectivity index (χ0n) is 10.0. The van der Waals surface area contributed by atoms with E-state index >= 15 is 0 Å². The molecule has 1 aromatic carbocycles. The average Bonchev–Trinajstić information content (AvgIpc) is 2.24. The Hall–Kier alpha value is -1.25. The van der Waals surface area contributed by atoms with Gasteiger partial charge in [0.05, 0.1) is 11.8 Å². The highest BCUT2D eigenvalue weighted by Gasteiger charge is 2.11. The van der Waals surface area contributed by atoms with Crippen molar-refractivity contribution in [1.82, 2.24) is 0 Å². The second kappa shape index (κ2) is 6.36. The topological polar surface area (TPSA) is 35.2 Å². The van der Waals surface area contributed by atoms with Crippen LogP contribution in [-0.4, -0.2) is 6.10 Å². The predicted octanol–water partition coefficient (Wildman–Crippen LogP) is 3.76. The molecule has 0 bridgehead atoms. The highest BCUT2D eigenvalue weighted by Crippen LogP contribution is 2.25. The third kappa shape index (κ3) is 3.72. The smallest absolute Gasteiger partial charge is 0.145 e. The highest BCUT2D eigenvalue weighted by molar-refractivity contribution is 5.52. The van der Waals surface area contributed by atoms with E-state index < -0.39 is 0 Å². The fourth-order valence-electron chi connectivity index (χ4n) is 1.70. The van der Waals surface area contributed by atoms with Crippen LogP contribution in [0.25, 0.3) is 0 Å². The van der Waals surface area contributed by atoms with Crippen molar-refractivity contribution in [1.29, 1.82) is 0 Å². The van der Waals surface area contributed by atoms with Crippen molar-refractivity contribution in [3.05, 3.63) is 24.0 Å². The molecule has 0 atom stereocenters. The van der Waals surface area contributed by atoms with Crippen LogP contribution in [0.2, 0.25) is 0 Å². The standard InChI is InChI=1S/C13H20FNO/c1-3-5-11(6-4-2)16-13-9-10(14)7-8-12(13)15/h7-9,11H,3-6,15H2,1-2H3. The number of benzene rings is 1. The summed E-state index contributed by atoms with van der Waals surface area (Å²) in [5.74, 6) is 0.155. The second-order valence-corrected chi connectivity index (χ2v) is 4.00. The van der Waals surface area contributed by atoms with E-state index in [-0.39, 0.29) is 11.9 Å². The van der Waals surface area contributed by atoms with Gasteiger partial charge in [0.2, 0.25) is 0 Å². The molecule has 0 aliphatic rings. The summed E-state index contributed by atoms with van der Waals surface area (Å²) in [7, 11) is 0. The minimum atomic E-state index is -0.309. The van der Waals surface area contributed by atoms with Crippen LogP contribution in [0.5, 0.6) is 5.75 Å². The molecule has 3 heteroatoms. The van der Waals surface area contributed by atoms with E-state index in [1.165, 1.54) is 12.1 Å². The summed E-state index contributed by atoms with van der Waals surface area (Å²) < 4.78 is 18.8. The second-order valence-electron chi connectivity index (χ2n) is 4.00. The van der Waals surface area contributed by atoms with Gasteiger partial charge in [0, 0.05) is 6.07 Å². The highest BCUT2D eigenvalue weighted by atomic mass is 19.1. The molecule has 1 aromatic rings.